The van der Waals surface area contributed by atoms with Crippen LogP contribution in [0.25, 0.3) is 11.0 Å². The van der Waals surface area contributed by atoms with Gasteiger partial charge in [0, 0.05) is 39.6 Å². The molecule has 0 radical (unpaired) electrons. The molecule has 1 saturated heterocycles. The number of nitrogens with two attached hydrogens (primary N) is 1. The number of likely N-dealkylation sites (N-methyl/N-ethyl adjacent to an activating group) is 1. The number of amides is 2. The number of sulfonamides is 1. The van der Waals surface area contributed by atoms with Gasteiger partial charge in [0.15, 0.2) is 11.5 Å². The molecule has 5 aromatic rings. The van der Waals surface area contributed by atoms with Crippen molar-refractivity contribution in [3.05, 3.63) is 107 Å². The molecule has 56 heavy (non-hydrogen) atoms. The van der Waals surface area contributed by atoms with Crippen LogP contribution in [0.3, 0.4) is 0 Å². The van der Waals surface area contributed by atoms with Crippen molar-refractivity contribution in [1.29, 1.82) is 0 Å². The molecular weight excluding hydrogens is 735 g/mol. The Morgan fingerprint density at radius 2 is 1.62 bits per heavy atom. The molecule has 1 aliphatic heterocycles. The number of fused-ring (bicyclic) bond motifs is 1. The van der Waals surface area contributed by atoms with Crippen molar-refractivity contribution < 1.29 is 32.3 Å². The van der Waals surface area contributed by atoms with Crippen molar-refractivity contribution in [1.82, 2.24) is 19.5 Å². The average Bonchev–Trinajstić information content (AvgIpc) is 3.60. The zero-order valence-electron chi connectivity index (χ0n) is 32.0. The molecule has 0 bridgehead atoms. The molecule has 4 aromatic carbocycles. The number of carbonyl (C=O) groups excluding carboxylic acids is 3. The fourth-order valence-corrected chi connectivity index (χ4v) is 7.69. The first-order valence-electron chi connectivity index (χ1n) is 18.4. The van der Waals surface area contributed by atoms with Gasteiger partial charge in [-0.2, -0.15) is 8.42 Å². The lowest BCUT2D eigenvalue weighted by atomic mass is 9.98. The van der Waals surface area contributed by atoms with Crippen LogP contribution < -0.4 is 24.9 Å². The number of nitrogen functional groups attached to an aromatic ring is 1. The summed E-state index contributed by atoms with van der Waals surface area (Å²) in [7, 11) is 1.11. The molecule has 2 amide bonds. The summed E-state index contributed by atoms with van der Waals surface area (Å²) in [6.45, 7) is 5.71. The van der Waals surface area contributed by atoms with Gasteiger partial charge in [-0.15, -0.1) is 0 Å². The summed E-state index contributed by atoms with van der Waals surface area (Å²) in [5.41, 5.74) is 9.02. The number of para-hydroxylation sites is 1. The Bertz CT molecular complexity index is 2340. The molecule has 3 N–H and O–H groups in total. The minimum absolute atomic E-state index is 0.0157. The first-order valence-corrected chi connectivity index (χ1v) is 19.9. The molecule has 0 aliphatic carbocycles. The van der Waals surface area contributed by atoms with Gasteiger partial charge in [0.25, 0.3) is 15.9 Å². The van der Waals surface area contributed by atoms with E-state index in [-0.39, 0.29) is 44.4 Å². The van der Waals surface area contributed by atoms with Crippen molar-refractivity contribution >= 4 is 50.0 Å². The number of imidazole rings is 1. The van der Waals surface area contributed by atoms with Gasteiger partial charge in [-0.25, -0.2) is 14.5 Å². The van der Waals surface area contributed by atoms with E-state index >= 15 is 0 Å². The summed E-state index contributed by atoms with van der Waals surface area (Å²) in [6.07, 6.45) is 4.16. The number of nitrogens with one attached hydrogen (secondary N) is 1. The van der Waals surface area contributed by atoms with Gasteiger partial charge in [-0.1, -0.05) is 30.3 Å². The molecule has 6 rings (SSSR count). The molecule has 1 aromatic heterocycles. The van der Waals surface area contributed by atoms with Gasteiger partial charge in [-0.05, 0) is 87.3 Å². The van der Waals surface area contributed by atoms with Gasteiger partial charge in [0.05, 0.1) is 52.2 Å². The van der Waals surface area contributed by atoms with Crippen LogP contribution in [0.15, 0.2) is 90.1 Å². The van der Waals surface area contributed by atoms with Crippen molar-refractivity contribution in [2.75, 3.05) is 69.5 Å². The van der Waals surface area contributed by atoms with Crippen LogP contribution in [0.1, 0.15) is 57.5 Å². The number of carbonyl (C=O) groups is 3. The number of ether oxygens (including phenoxy) is 2. The Hall–Kier alpha value is -5.93. The molecule has 0 saturated carbocycles. The SMILES string of the molecule is COc1c(C(=O)c2cccc3c2ncn3NS(=O)(=O)c2ccccc2)ccc(C(=O)N(C)c2ccc(C)cc2OCCCCCC(=O)N2CCN(C)CC2)c1N. The van der Waals surface area contributed by atoms with Crippen LogP contribution in [0.5, 0.6) is 11.5 Å². The second-order valence-electron chi connectivity index (χ2n) is 13.8. The first-order chi connectivity index (χ1) is 26.9. The van der Waals surface area contributed by atoms with Crippen molar-refractivity contribution in [3.63, 3.8) is 0 Å². The summed E-state index contributed by atoms with van der Waals surface area (Å²) >= 11 is 0. The zero-order chi connectivity index (χ0) is 40.0. The lowest BCUT2D eigenvalue weighted by Gasteiger charge is -2.32. The third-order valence-corrected chi connectivity index (χ3v) is 11.2. The van der Waals surface area contributed by atoms with E-state index in [1.165, 1.54) is 47.3 Å². The Labute approximate surface area is 326 Å². The smallest absolute Gasteiger partial charge is 0.275 e. The quantitative estimate of drug-likeness (QED) is 0.0830. The van der Waals surface area contributed by atoms with Crippen LogP contribution >= 0.6 is 0 Å². The van der Waals surface area contributed by atoms with Crippen LogP contribution in [0.4, 0.5) is 11.4 Å². The van der Waals surface area contributed by atoms with Crippen LogP contribution in [-0.2, 0) is 14.8 Å². The lowest BCUT2D eigenvalue weighted by Crippen LogP contribution is -2.47. The highest BCUT2D eigenvalue weighted by Gasteiger charge is 2.27. The van der Waals surface area contributed by atoms with Crippen molar-refractivity contribution in [2.45, 2.75) is 37.5 Å². The molecule has 0 unspecified atom stereocenters. The third kappa shape index (κ3) is 8.63. The summed E-state index contributed by atoms with van der Waals surface area (Å²) < 4.78 is 39.0. The van der Waals surface area contributed by atoms with Crippen LogP contribution in [-0.4, -0.2) is 99.5 Å². The summed E-state index contributed by atoms with van der Waals surface area (Å²) in [5.74, 6) is -0.181. The van der Waals surface area contributed by atoms with E-state index in [9.17, 15) is 22.8 Å². The number of ketones is 1. The van der Waals surface area contributed by atoms with Crippen molar-refractivity contribution in [2.24, 2.45) is 0 Å². The van der Waals surface area contributed by atoms with Crippen LogP contribution in [0.2, 0.25) is 0 Å². The molecule has 294 valence electrons. The Kier molecular flexibility index (Phi) is 12.2. The zero-order valence-corrected chi connectivity index (χ0v) is 32.8. The molecule has 14 nitrogen and oxygen atoms in total. The maximum Gasteiger partial charge on any atom is 0.275 e. The maximum absolute atomic E-state index is 14.0. The summed E-state index contributed by atoms with van der Waals surface area (Å²) in [5, 5.41) is 0. The van der Waals surface area contributed by atoms with E-state index in [0.717, 1.165) is 51.0 Å². The van der Waals surface area contributed by atoms with Gasteiger partial charge in [0.1, 0.15) is 17.6 Å². The number of aromatic nitrogens is 2. The average molecular weight is 782 g/mol. The summed E-state index contributed by atoms with van der Waals surface area (Å²) in [4.78, 5) is 53.1. The normalized spacial score (nSPS) is 13.4. The predicted octanol–water partition coefficient (Wildman–Crippen LogP) is 5.09. The maximum atomic E-state index is 14.0. The molecule has 15 heteroatoms. The van der Waals surface area contributed by atoms with E-state index in [1.54, 1.807) is 43.4 Å². The minimum atomic E-state index is -3.94. The second-order valence-corrected chi connectivity index (χ2v) is 15.5. The first kappa shape index (κ1) is 39.8. The van der Waals surface area contributed by atoms with E-state index in [4.69, 9.17) is 15.2 Å². The van der Waals surface area contributed by atoms with E-state index < -0.39 is 21.7 Å². The third-order valence-electron chi connectivity index (χ3n) is 9.90. The lowest BCUT2D eigenvalue weighted by molar-refractivity contribution is -0.132. The highest BCUT2D eigenvalue weighted by Crippen LogP contribution is 2.36. The van der Waals surface area contributed by atoms with E-state index in [2.05, 4.69) is 21.8 Å². The number of unbranched alkanes of at least 4 members (excludes halogenated alkanes) is 2. The Morgan fingerprint density at radius 1 is 0.893 bits per heavy atom. The number of hydrogen-bond acceptors (Lipinski definition) is 10. The van der Waals surface area contributed by atoms with Gasteiger partial charge in [-0.3, -0.25) is 14.4 Å². The number of nitrogens with zero attached hydrogens (tertiary/aromatic N) is 5. The Balaban J connectivity index is 1.14. The standard InChI is InChI=1S/C41H47N7O7S/c1-28-17-20-33(35(26-28)55-25-10-6-9-16-36(49)47-23-21-45(2)22-24-47)46(3)41(51)30-18-19-32(40(54-4)37(30)42)39(50)31-14-11-15-34-38(31)43-27-48(34)44-56(52,53)29-12-7-5-8-13-29/h5,7-8,11-15,17-20,26-27,44H,6,9-10,16,21-25,42H2,1-4H3. The molecule has 0 atom stereocenters. The molecule has 0 spiro atoms. The number of hydrogen-bond donors (Lipinski definition) is 2. The molecule has 2 heterocycles. The summed E-state index contributed by atoms with van der Waals surface area (Å²) in [6, 6.07) is 21.2. The number of methoxy groups -OCH3 is 1. The number of piperazine rings is 1. The highest BCUT2D eigenvalue weighted by molar-refractivity contribution is 7.92. The van der Waals surface area contributed by atoms with E-state index in [0.29, 0.717) is 30.0 Å². The number of benzene rings is 4. The van der Waals surface area contributed by atoms with E-state index in [1.807, 2.05) is 30.0 Å². The molecule has 1 fully saturated rings. The second kappa shape index (κ2) is 17.3. The molecular formula is C41H47N7O7S. The number of anilines is 2. The fourth-order valence-electron chi connectivity index (χ4n) is 6.66. The van der Waals surface area contributed by atoms with Gasteiger partial charge < -0.3 is 29.9 Å². The fraction of sp³-hybridized carbons (Fsp3) is 0.317. The highest BCUT2D eigenvalue weighted by atomic mass is 32.2. The predicted molar refractivity (Wildman–Crippen MR) is 216 cm³/mol. The number of aryl methyl sites for hydroxylation is 1. The topological polar surface area (TPSA) is 169 Å². The van der Waals surface area contributed by atoms with Crippen molar-refractivity contribution in [3.8, 4) is 11.5 Å². The largest absolute Gasteiger partial charge is 0.494 e. The van der Waals surface area contributed by atoms with Crippen LogP contribution in [0, 0.1) is 6.92 Å². The number of rotatable bonds is 15. The Morgan fingerprint density at radius 3 is 2.36 bits per heavy atom. The minimum Gasteiger partial charge on any atom is -0.494 e. The monoisotopic (exact) mass is 781 g/mol. The molecule has 1 aliphatic rings. The van der Waals surface area contributed by atoms with Gasteiger partial charge in [0.2, 0.25) is 5.91 Å². The van der Waals surface area contributed by atoms with Gasteiger partial charge >= 0.3 is 0 Å².